The van der Waals surface area contributed by atoms with Crippen LogP contribution < -0.4 is 0 Å². The van der Waals surface area contributed by atoms with Crippen molar-refractivity contribution >= 4 is 17.8 Å². The molecule has 0 radical (unpaired) electrons. The first-order valence-corrected chi connectivity index (χ1v) is 1.87. The molecule has 0 saturated carbocycles. The molecule has 0 fully saturated rings. The van der Waals surface area contributed by atoms with Crippen molar-refractivity contribution in [3.63, 3.8) is 0 Å². The van der Waals surface area contributed by atoms with Crippen molar-refractivity contribution in [1.29, 1.82) is 0 Å². The van der Waals surface area contributed by atoms with Gasteiger partial charge in [-0.3, -0.25) is 4.79 Å². The predicted octanol–water partition coefficient (Wildman–Crippen LogP) is 1.51. The predicted molar refractivity (Wildman–Crippen MR) is 28.9 cm³/mol. The third-order valence-corrected chi connectivity index (χ3v) is 0.326. The van der Waals surface area contributed by atoms with Gasteiger partial charge in [0.1, 0.15) is 11.9 Å². The zero-order chi connectivity index (χ0) is 6.28. The third-order valence-electron chi connectivity index (χ3n) is 0.109. The van der Waals surface area contributed by atoms with E-state index in [0.29, 0.717) is 0 Å². The number of hydrogen-bond donors (Lipinski definition) is 0. The first-order valence-electron chi connectivity index (χ1n) is 1.56. The number of rotatable bonds is 0. The maximum Gasteiger partial charge on any atom is 0.321 e. The average Bonchev–Trinajstić information content (AvgIpc) is 1.73. The van der Waals surface area contributed by atoms with Crippen LogP contribution in [0.1, 0.15) is 6.92 Å². The smallest absolute Gasteiger partial charge is 0.321 e. The maximum absolute atomic E-state index is 9.46. The van der Waals surface area contributed by atoms with E-state index >= 15 is 0 Å². The van der Waals surface area contributed by atoms with Crippen LogP contribution in [0, 0.1) is 0 Å². The topological polar surface area (TPSA) is 26.3 Å². The molecule has 0 aromatic heterocycles. The Morgan fingerprint density at radius 1 is 1.71 bits per heavy atom. The van der Waals surface area contributed by atoms with Gasteiger partial charge in [0.25, 0.3) is 0 Å². The lowest BCUT2D eigenvalue weighted by molar-refractivity contribution is -0.131. The molecule has 0 aliphatic rings. The second kappa shape index (κ2) is 9.09. The largest absolute Gasteiger partial charge is 0.348 e. The summed E-state index contributed by atoms with van der Waals surface area (Å²) in [7, 11) is 0. The number of carbonyl (C=O) groups is 1. The lowest BCUT2D eigenvalue weighted by Crippen LogP contribution is -1.82. The Morgan fingerprint density at radius 2 is 1.86 bits per heavy atom. The van der Waals surface area contributed by atoms with Crippen molar-refractivity contribution in [2.45, 2.75) is 6.92 Å². The third kappa shape index (κ3) is 29.9. The monoisotopic (exact) mass is 122 g/mol. The first-order chi connectivity index (χ1) is 3.27. The fraction of sp³-hybridized carbons (Fsp3) is 0.250. The van der Waals surface area contributed by atoms with Crippen LogP contribution in [-0.4, -0.2) is 5.97 Å². The van der Waals surface area contributed by atoms with Gasteiger partial charge in [-0.1, -0.05) is 0 Å². The summed E-state index contributed by atoms with van der Waals surface area (Å²) in [5.41, 5.74) is 0. The summed E-state index contributed by atoms with van der Waals surface area (Å²) in [4.78, 5) is 9.46. The molecule has 3 heteroatoms. The van der Waals surface area contributed by atoms with Gasteiger partial charge in [-0.05, 0) is 0 Å². The van der Waals surface area contributed by atoms with E-state index in [0.717, 1.165) is 0 Å². The minimum atomic E-state index is -0.480. The Morgan fingerprint density at radius 3 is 1.86 bits per heavy atom. The van der Waals surface area contributed by atoms with Gasteiger partial charge in [-0.25, -0.2) is 0 Å². The highest BCUT2D eigenvalue weighted by molar-refractivity contribution is 6.12. The van der Waals surface area contributed by atoms with Crippen molar-refractivity contribution in [2.24, 2.45) is 0 Å². The van der Waals surface area contributed by atoms with Gasteiger partial charge >= 0.3 is 5.97 Å². The Balaban J connectivity index is 0. The Bertz CT molecular complexity index is 53.7. The van der Waals surface area contributed by atoms with E-state index in [4.69, 9.17) is 0 Å². The summed E-state index contributed by atoms with van der Waals surface area (Å²) in [6, 6.07) is 0. The summed E-state index contributed by atoms with van der Waals surface area (Å²) in [5.74, 6) is -0.480. The molecular weight excluding hydrogens is 115 g/mol. The molecule has 0 spiro atoms. The average molecular weight is 123 g/mol. The standard InChI is InChI=1S/C2H3ClO2.C2H4/c1-2(4)5-3;1-2/h1H3;1-2H2. The molecule has 0 unspecified atom stereocenters. The normalized spacial score (nSPS) is 5.43. The van der Waals surface area contributed by atoms with Gasteiger partial charge in [-0.15, -0.1) is 13.2 Å². The van der Waals surface area contributed by atoms with Crippen molar-refractivity contribution in [2.75, 3.05) is 0 Å². The van der Waals surface area contributed by atoms with Crippen LogP contribution in [0.15, 0.2) is 13.2 Å². The highest BCUT2D eigenvalue weighted by Crippen LogP contribution is 1.75. The molecule has 0 aliphatic heterocycles. The lowest BCUT2D eigenvalue weighted by atomic mass is 10.9. The van der Waals surface area contributed by atoms with Crippen molar-refractivity contribution in [3.8, 4) is 0 Å². The minimum absolute atomic E-state index is 0.480. The molecule has 0 saturated heterocycles. The van der Waals surface area contributed by atoms with Crippen LogP contribution >= 0.6 is 11.9 Å². The molecule has 0 bridgehead atoms. The summed E-state index contributed by atoms with van der Waals surface area (Å²) >= 11 is 4.49. The van der Waals surface area contributed by atoms with Gasteiger partial charge in [0, 0.05) is 6.92 Å². The highest BCUT2D eigenvalue weighted by atomic mass is 35.5. The van der Waals surface area contributed by atoms with Crippen molar-refractivity contribution in [1.82, 2.24) is 0 Å². The van der Waals surface area contributed by atoms with Gasteiger partial charge in [0.2, 0.25) is 0 Å². The maximum atomic E-state index is 9.46. The number of halogens is 1. The van der Waals surface area contributed by atoms with Gasteiger partial charge in [-0.2, -0.15) is 0 Å². The van der Waals surface area contributed by atoms with Crippen LogP contribution in [0.3, 0.4) is 0 Å². The van der Waals surface area contributed by atoms with Crippen molar-refractivity contribution < 1.29 is 9.08 Å². The van der Waals surface area contributed by atoms with Crippen LogP contribution in [0.2, 0.25) is 0 Å². The van der Waals surface area contributed by atoms with E-state index in [9.17, 15) is 4.79 Å². The van der Waals surface area contributed by atoms with Crippen LogP contribution in [0.4, 0.5) is 0 Å². The van der Waals surface area contributed by atoms with Crippen LogP contribution in [0.5, 0.6) is 0 Å². The van der Waals surface area contributed by atoms with E-state index in [1.54, 1.807) is 0 Å². The van der Waals surface area contributed by atoms with E-state index in [1.807, 2.05) is 0 Å². The SMILES string of the molecule is C=C.CC(=O)OCl. The highest BCUT2D eigenvalue weighted by Gasteiger charge is 1.79. The second-order valence-corrected chi connectivity index (χ2v) is 0.723. The molecule has 0 aromatic carbocycles. The molecule has 2 nitrogen and oxygen atoms in total. The molecule has 0 N–H and O–H groups in total. The van der Waals surface area contributed by atoms with Crippen LogP contribution in [-0.2, 0) is 9.08 Å². The molecule has 0 atom stereocenters. The molecular formula is C4H7ClO2. The van der Waals surface area contributed by atoms with E-state index in [2.05, 4.69) is 29.3 Å². The van der Waals surface area contributed by atoms with Crippen LogP contribution in [0.25, 0.3) is 0 Å². The molecule has 0 aromatic rings. The zero-order valence-electron chi connectivity index (χ0n) is 4.11. The zero-order valence-corrected chi connectivity index (χ0v) is 4.86. The molecule has 0 amide bonds. The number of carbonyl (C=O) groups excluding carboxylic acids is 1. The summed E-state index contributed by atoms with van der Waals surface area (Å²) in [5, 5.41) is 0. The minimum Gasteiger partial charge on any atom is -0.348 e. The summed E-state index contributed by atoms with van der Waals surface area (Å²) in [6.45, 7) is 7.23. The van der Waals surface area contributed by atoms with E-state index < -0.39 is 5.97 Å². The van der Waals surface area contributed by atoms with Gasteiger partial charge < -0.3 is 4.29 Å². The Kier molecular flexibility index (Phi) is 12.6. The molecule has 7 heavy (non-hydrogen) atoms. The van der Waals surface area contributed by atoms with E-state index in [1.165, 1.54) is 6.92 Å². The fourth-order valence-corrected chi connectivity index (χ4v) is 0. The fourth-order valence-electron chi connectivity index (χ4n) is 0. The first kappa shape index (κ1) is 9.71. The molecule has 0 aliphatic carbocycles. The Labute approximate surface area is 47.9 Å². The molecule has 0 heterocycles. The van der Waals surface area contributed by atoms with Crippen molar-refractivity contribution in [3.05, 3.63) is 13.2 Å². The van der Waals surface area contributed by atoms with Gasteiger partial charge in [0.15, 0.2) is 0 Å². The van der Waals surface area contributed by atoms with E-state index in [-0.39, 0.29) is 0 Å². The molecule has 0 rings (SSSR count). The summed E-state index contributed by atoms with van der Waals surface area (Å²) < 4.78 is 3.58. The van der Waals surface area contributed by atoms with Gasteiger partial charge in [0.05, 0.1) is 0 Å². The molecule has 42 valence electrons. The quantitative estimate of drug-likeness (QED) is 0.455. The number of hydrogen-bond acceptors (Lipinski definition) is 2. The second-order valence-electron chi connectivity index (χ2n) is 0.569. The Hall–Kier alpha value is -0.500. The summed E-state index contributed by atoms with van der Waals surface area (Å²) in [6.07, 6.45) is 0. The lowest BCUT2D eigenvalue weighted by Gasteiger charge is -1.74.